The Morgan fingerprint density at radius 1 is 1.13 bits per heavy atom. The number of aryl methyl sites for hydroxylation is 1. The summed E-state index contributed by atoms with van der Waals surface area (Å²) in [4.78, 5) is 14.6. The molecule has 0 bridgehead atoms. The summed E-state index contributed by atoms with van der Waals surface area (Å²) in [5.74, 6) is 0.186. The quantitative estimate of drug-likeness (QED) is 0.839. The molecule has 0 heterocycles. The zero-order valence-electron chi connectivity index (χ0n) is 14.0. The molecule has 3 nitrogen and oxygen atoms in total. The van der Waals surface area contributed by atoms with Gasteiger partial charge in [-0.05, 0) is 49.2 Å². The van der Waals surface area contributed by atoms with Crippen molar-refractivity contribution in [1.29, 1.82) is 0 Å². The molecular weight excluding hydrogens is 308 g/mol. The fourth-order valence-electron chi connectivity index (χ4n) is 2.63. The lowest BCUT2D eigenvalue weighted by molar-refractivity contribution is 0.0726. The van der Waals surface area contributed by atoms with Crippen LogP contribution in [0.5, 0.6) is 0 Å². The van der Waals surface area contributed by atoms with Gasteiger partial charge in [-0.1, -0.05) is 36.7 Å². The number of halogens is 1. The summed E-state index contributed by atoms with van der Waals surface area (Å²) in [5, 5.41) is 0.716. The Balaban J connectivity index is 2.21. The van der Waals surface area contributed by atoms with Crippen molar-refractivity contribution in [3.63, 3.8) is 0 Å². The first-order chi connectivity index (χ1) is 10.8. The number of amides is 1. The Bertz CT molecular complexity index is 697. The Morgan fingerprint density at radius 3 is 2.35 bits per heavy atom. The molecule has 2 rings (SSSR count). The molecule has 4 heteroatoms. The average Bonchev–Trinajstić information content (AvgIpc) is 2.55. The summed E-state index contributed by atoms with van der Waals surface area (Å²) >= 11 is 5.94. The van der Waals surface area contributed by atoms with Crippen LogP contribution in [-0.4, -0.2) is 23.9 Å². The van der Waals surface area contributed by atoms with Crippen molar-refractivity contribution < 1.29 is 4.79 Å². The maximum absolute atomic E-state index is 12.8. The predicted octanol–water partition coefficient (Wildman–Crippen LogP) is 4.49. The van der Waals surface area contributed by atoms with Crippen LogP contribution in [0, 0.1) is 6.92 Å². The van der Waals surface area contributed by atoms with Crippen LogP contribution >= 0.6 is 11.6 Å². The van der Waals surface area contributed by atoms with E-state index in [1.165, 1.54) is 0 Å². The van der Waals surface area contributed by atoms with Crippen LogP contribution in [0.3, 0.4) is 0 Å². The molecule has 0 spiro atoms. The number of nitrogens with two attached hydrogens (primary N) is 1. The van der Waals surface area contributed by atoms with E-state index in [0.29, 0.717) is 16.3 Å². The molecule has 1 amide bonds. The molecule has 0 aliphatic heterocycles. The SMILES string of the molecule is Cc1ccc(N)cc1C(=O)N(C)C(C)C(C)c1ccc(Cl)cc1. The molecule has 2 N–H and O–H groups in total. The molecule has 23 heavy (non-hydrogen) atoms. The van der Waals surface area contributed by atoms with Crippen LogP contribution in [0.4, 0.5) is 5.69 Å². The van der Waals surface area contributed by atoms with Gasteiger partial charge in [0, 0.05) is 35.3 Å². The van der Waals surface area contributed by atoms with Gasteiger partial charge in [0.05, 0.1) is 0 Å². The minimum absolute atomic E-state index is 0.0110. The second-order valence-corrected chi connectivity index (χ2v) is 6.51. The van der Waals surface area contributed by atoms with Gasteiger partial charge in [0.25, 0.3) is 5.91 Å². The smallest absolute Gasteiger partial charge is 0.254 e. The number of carbonyl (C=O) groups is 1. The zero-order chi connectivity index (χ0) is 17.1. The third-order valence-corrected chi connectivity index (χ3v) is 4.79. The van der Waals surface area contributed by atoms with E-state index in [4.69, 9.17) is 17.3 Å². The monoisotopic (exact) mass is 330 g/mol. The van der Waals surface area contributed by atoms with E-state index in [-0.39, 0.29) is 17.9 Å². The molecule has 2 atom stereocenters. The Hall–Kier alpha value is -2.00. The number of hydrogen-bond donors (Lipinski definition) is 1. The highest BCUT2D eigenvalue weighted by Gasteiger charge is 2.24. The van der Waals surface area contributed by atoms with Crippen molar-refractivity contribution in [2.75, 3.05) is 12.8 Å². The average molecular weight is 331 g/mol. The highest BCUT2D eigenvalue weighted by Crippen LogP contribution is 2.25. The van der Waals surface area contributed by atoms with E-state index in [1.807, 2.05) is 50.4 Å². The topological polar surface area (TPSA) is 46.3 Å². The van der Waals surface area contributed by atoms with E-state index >= 15 is 0 Å². The highest BCUT2D eigenvalue weighted by atomic mass is 35.5. The first-order valence-corrected chi connectivity index (χ1v) is 8.07. The fourth-order valence-corrected chi connectivity index (χ4v) is 2.75. The molecular formula is C19H23ClN2O. The lowest BCUT2D eigenvalue weighted by Gasteiger charge is -2.31. The third-order valence-electron chi connectivity index (χ3n) is 4.54. The lowest BCUT2D eigenvalue weighted by Crippen LogP contribution is -2.38. The van der Waals surface area contributed by atoms with E-state index in [2.05, 4.69) is 13.8 Å². The number of carbonyl (C=O) groups excluding carboxylic acids is 1. The third kappa shape index (κ3) is 3.85. The summed E-state index contributed by atoms with van der Waals surface area (Å²) in [5.41, 5.74) is 9.17. The van der Waals surface area contributed by atoms with Crippen LogP contribution < -0.4 is 5.73 Å². The largest absolute Gasteiger partial charge is 0.399 e. The summed E-state index contributed by atoms with van der Waals surface area (Å²) in [7, 11) is 1.84. The van der Waals surface area contributed by atoms with Crippen LogP contribution in [0.1, 0.15) is 41.3 Å². The molecule has 0 fully saturated rings. The van der Waals surface area contributed by atoms with Gasteiger partial charge in [0.15, 0.2) is 0 Å². The van der Waals surface area contributed by atoms with Gasteiger partial charge < -0.3 is 10.6 Å². The molecule has 2 aromatic carbocycles. The van der Waals surface area contributed by atoms with Gasteiger partial charge in [0.1, 0.15) is 0 Å². The van der Waals surface area contributed by atoms with E-state index < -0.39 is 0 Å². The van der Waals surface area contributed by atoms with Gasteiger partial charge in [-0.25, -0.2) is 0 Å². The van der Waals surface area contributed by atoms with Crippen LogP contribution in [-0.2, 0) is 0 Å². The summed E-state index contributed by atoms with van der Waals surface area (Å²) < 4.78 is 0. The van der Waals surface area contributed by atoms with E-state index in [1.54, 1.807) is 11.0 Å². The summed E-state index contributed by atoms with van der Waals surface area (Å²) in [6.07, 6.45) is 0. The zero-order valence-corrected chi connectivity index (χ0v) is 14.8. The van der Waals surface area contributed by atoms with Gasteiger partial charge >= 0.3 is 0 Å². The van der Waals surface area contributed by atoms with Crippen molar-refractivity contribution in [2.24, 2.45) is 0 Å². The normalized spacial score (nSPS) is 13.4. The van der Waals surface area contributed by atoms with E-state index in [9.17, 15) is 4.79 Å². The maximum atomic E-state index is 12.8. The molecule has 2 aromatic rings. The van der Waals surface area contributed by atoms with Crippen LogP contribution in [0.25, 0.3) is 0 Å². The second kappa shape index (κ2) is 7.05. The van der Waals surface area contributed by atoms with Gasteiger partial charge in [-0.3, -0.25) is 4.79 Å². The minimum Gasteiger partial charge on any atom is -0.399 e. The molecule has 0 saturated heterocycles. The maximum Gasteiger partial charge on any atom is 0.254 e. The summed E-state index contributed by atoms with van der Waals surface area (Å²) in [6.45, 7) is 6.09. The number of likely N-dealkylation sites (N-methyl/N-ethyl adjacent to an activating group) is 1. The highest BCUT2D eigenvalue weighted by molar-refractivity contribution is 6.30. The van der Waals surface area contributed by atoms with Crippen LogP contribution in [0.15, 0.2) is 42.5 Å². The number of nitrogens with zero attached hydrogens (tertiary/aromatic N) is 1. The van der Waals surface area contributed by atoms with Crippen molar-refractivity contribution in [3.8, 4) is 0 Å². The van der Waals surface area contributed by atoms with Gasteiger partial charge in [-0.15, -0.1) is 0 Å². The molecule has 0 aliphatic rings. The Labute approximate surface area is 143 Å². The van der Waals surface area contributed by atoms with Crippen molar-refractivity contribution in [3.05, 3.63) is 64.2 Å². The summed E-state index contributed by atoms with van der Waals surface area (Å²) in [6, 6.07) is 13.3. The molecule has 0 radical (unpaired) electrons. The van der Waals surface area contributed by atoms with Crippen molar-refractivity contribution >= 4 is 23.2 Å². The van der Waals surface area contributed by atoms with Crippen molar-refractivity contribution in [1.82, 2.24) is 4.90 Å². The van der Waals surface area contributed by atoms with Crippen molar-refractivity contribution in [2.45, 2.75) is 32.7 Å². The fraction of sp³-hybridized carbons (Fsp3) is 0.316. The van der Waals surface area contributed by atoms with Gasteiger partial charge in [0.2, 0.25) is 0 Å². The number of nitrogen functional groups attached to an aromatic ring is 1. The lowest BCUT2D eigenvalue weighted by atomic mass is 9.93. The molecule has 0 saturated carbocycles. The van der Waals surface area contributed by atoms with Crippen LogP contribution in [0.2, 0.25) is 5.02 Å². The first-order valence-electron chi connectivity index (χ1n) is 7.70. The van der Waals surface area contributed by atoms with E-state index in [0.717, 1.165) is 11.1 Å². The molecule has 0 aromatic heterocycles. The minimum atomic E-state index is -0.0110. The molecule has 122 valence electrons. The predicted molar refractivity (Wildman–Crippen MR) is 97.0 cm³/mol. The van der Waals surface area contributed by atoms with Gasteiger partial charge in [-0.2, -0.15) is 0 Å². The number of benzene rings is 2. The number of hydrogen-bond acceptors (Lipinski definition) is 2. The standard InChI is InChI=1S/C19H23ClN2O/c1-12-5-10-17(21)11-18(12)19(23)22(4)14(3)13(2)15-6-8-16(20)9-7-15/h5-11,13-14H,21H2,1-4H3. The Kier molecular flexibility index (Phi) is 5.32. The Morgan fingerprint density at radius 2 is 1.74 bits per heavy atom. The molecule has 2 unspecified atom stereocenters. The first kappa shape index (κ1) is 17.4. The number of rotatable bonds is 4. The molecule has 0 aliphatic carbocycles. The number of anilines is 1. The second-order valence-electron chi connectivity index (χ2n) is 6.07.